The average molecular weight is 372 g/mol. The van der Waals surface area contributed by atoms with E-state index in [0.29, 0.717) is 11.2 Å². The molecule has 0 saturated heterocycles. The first kappa shape index (κ1) is 18.1. The zero-order valence-electron chi connectivity index (χ0n) is 15.1. The lowest BCUT2D eigenvalue weighted by molar-refractivity contribution is -0.141. The van der Waals surface area contributed by atoms with Gasteiger partial charge in [-0.3, -0.25) is 14.3 Å². The molecule has 3 aromatic heterocycles. The lowest BCUT2D eigenvalue weighted by atomic mass is 10.1. The number of aryl methyl sites for hydroxylation is 3. The van der Waals surface area contributed by atoms with E-state index in [1.54, 1.807) is 17.8 Å². The molecule has 7 nitrogen and oxygen atoms in total. The molecule has 1 N–H and O–H groups in total. The molecule has 0 saturated carbocycles. The molecule has 0 spiro atoms. The molecule has 1 atom stereocenters. The molecule has 0 radical (unpaired) electrons. The summed E-state index contributed by atoms with van der Waals surface area (Å²) >= 11 is 1.48. The van der Waals surface area contributed by atoms with Crippen molar-refractivity contribution in [3.05, 3.63) is 45.4 Å². The summed E-state index contributed by atoms with van der Waals surface area (Å²) in [6, 6.07) is 5.07. The number of esters is 1. The van der Waals surface area contributed by atoms with Gasteiger partial charge in [0.05, 0.1) is 36.2 Å². The first-order valence-electron chi connectivity index (χ1n) is 8.12. The molecule has 26 heavy (non-hydrogen) atoms. The van der Waals surface area contributed by atoms with Crippen LogP contribution in [0.2, 0.25) is 0 Å². The number of carbonyl (C=O) groups excluding carboxylic acids is 2. The van der Waals surface area contributed by atoms with E-state index in [0.717, 1.165) is 21.7 Å². The smallest absolute Gasteiger partial charge is 0.307 e. The molecule has 3 aromatic rings. The molecule has 136 valence electrons. The summed E-state index contributed by atoms with van der Waals surface area (Å²) in [7, 11) is 3.14. The number of aromatic nitrogens is 3. The topological polar surface area (TPSA) is 86.1 Å². The van der Waals surface area contributed by atoms with Gasteiger partial charge in [-0.1, -0.05) is 6.07 Å². The molecule has 0 aliphatic rings. The van der Waals surface area contributed by atoms with Gasteiger partial charge in [0.2, 0.25) is 0 Å². The first-order chi connectivity index (χ1) is 12.4. The highest BCUT2D eigenvalue weighted by molar-refractivity contribution is 7.10. The van der Waals surface area contributed by atoms with Gasteiger partial charge in [-0.2, -0.15) is 5.10 Å². The Balaban J connectivity index is 1.98. The lowest BCUT2D eigenvalue weighted by Crippen LogP contribution is -2.30. The van der Waals surface area contributed by atoms with Crippen molar-refractivity contribution in [1.82, 2.24) is 20.1 Å². The molecular weight excluding hydrogens is 352 g/mol. The minimum absolute atomic E-state index is 0.0714. The molecule has 3 rings (SSSR count). The Labute approximate surface area is 155 Å². The van der Waals surface area contributed by atoms with Crippen LogP contribution in [0.4, 0.5) is 0 Å². The maximum atomic E-state index is 13.0. The molecule has 8 heteroatoms. The first-order valence-corrected chi connectivity index (χ1v) is 9.00. The quantitative estimate of drug-likeness (QED) is 0.696. The number of ether oxygens (including phenoxy) is 1. The molecule has 0 aliphatic carbocycles. The Morgan fingerprint density at radius 2 is 2.15 bits per heavy atom. The molecule has 0 fully saturated rings. The van der Waals surface area contributed by atoms with Crippen LogP contribution in [0, 0.1) is 13.8 Å². The highest BCUT2D eigenvalue weighted by atomic mass is 32.1. The van der Waals surface area contributed by atoms with E-state index in [2.05, 4.69) is 15.4 Å². The number of methoxy groups -OCH3 is 1. The number of nitrogens with one attached hydrogen (secondary N) is 1. The van der Waals surface area contributed by atoms with Crippen molar-refractivity contribution < 1.29 is 14.3 Å². The Hall–Kier alpha value is -2.74. The van der Waals surface area contributed by atoms with Crippen LogP contribution in [-0.2, 0) is 16.6 Å². The van der Waals surface area contributed by atoms with Crippen LogP contribution in [-0.4, -0.2) is 33.8 Å². The van der Waals surface area contributed by atoms with E-state index in [1.165, 1.54) is 18.4 Å². The van der Waals surface area contributed by atoms with Crippen LogP contribution in [0.5, 0.6) is 0 Å². The van der Waals surface area contributed by atoms with Gasteiger partial charge in [0.1, 0.15) is 0 Å². The number of carbonyl (C=O) groups is 2. The van der Waals surface area contributed by atoms with Gasteiger partial charge in [-0.15, -0.1) is 11.3 Å². The third-order valence-corrected chi connectivity index (χ3v) is 5.12. The van der Waals surface area contributed by atoms with Crippen LogP contribution in [0.15, 0.2) is 23.6 Å². The maximum Gasteiger partial charge on any atom is 0.307 e. The van der Waals surface area contributed by atoms with E-state index in [4.69, 9.17) is 4.74 Å². The van der Waals surface area contributed by atoms with E-state index in [-0.39, 0.29) is 18.3 Å². The predicted octanol–water partition coefficient (Wildman–Crippen LogP) is 2.68. The average Bonchev–Trinajstić information content (AvgIpc) is 3.22. The normalized spacial score (nSPS) is 12.2. The van der Waals surface area contributed by atoms with Crippen molar-refractivity contribution >= 4 is 34.2 Å². The van der Waals surface area contributed by atoms with Gasteiger partial charge in [-0.25, -0.2) is 4.98 Å². The van der Waals surface area contributed by atoms with Crippen molar-refractivity contribution in [3.63, 3.8) is 0 Å². The monoisotopic (exact) mass is 372 g/mol. The number of hydrogen-bond acceptors (Lipinski definition) is 6. The minimum Gasteiger partial charge on any atom is -0.469 e. The second-order valence-electron chi connectivity index (χ2n) is 6.04. The van der Waals surface area contributed by atoms with Gasteiger partial charge < -0.3 is 10.1 Å². The van der Waals surface area contributed by atoms with Gasteiger partial charge in [-0.05, 0) is 31.4 Å². The van der Waals surface area contributed by atoms with E-state index in [9.17, 15) is 9.59 Å². The highest BCUT2D eigenvalue weighted by Crippen LogP contribution is 2.25. The number of pyridine rings is 1. The van der Waals surface area contributed by atoms with Gasteiger partial charge >= 0.3 is 5.97 Å². The van der Waals surface area contributed by atoms with Gasteiger partial charge in [0.25, 0.3) is 5.91 Å². The van der Waals surface area contributed by atoms with Crippen LogP contribution < -0.4 is 5.32 Å². The Kier molecular flexibility index (Phi) is 5.03. The Bertz CT molecular complexity index is 963. The van der Waals surface area contributed by atoms with Gasteiger partial charge in [0.15, 0.2) is 5.65 Å². The SMILES string of the molecule is COC(=O)CC(NC(=O)c1cc(C)nc2c1c(C)nn2C)c1cccs1. The fraction of sp³-hybridized carbons (Fsp3) is 0.333. The van der Waals surface area contributed by atoms with E-state index >= 15 is 0 Å². The number of nitrogens with zero attached hydrogens (tertiary/aromatic N) is 3. The molecule has 0 aliphatic heterocycles. The fourth-order valence-corrected chi connectivity index (χ4v) is 3.73. The minimum atomic E-state index is -0.449. The third-order valence-electron chi connectivity index (χ3n) is 4.13. The summed E-state index contributed by atoms with van der Waals surface area (Å²) in [6.45, 7) is 3.69. The Morgan fingerprint density at radius 1 is 1.38 bits per heavy atom. The Morgan fingerprint density at radius 3 is 2.81 bits per heavy atom. The summed E-state index contributed by atoms with van der Waals surface area (Å²) in [5.74, 6) is -0.642. The van der Waals surface area contributed by atoms with Crippen molar-refractivity contribution in [1.29, 1.82) is 0 Å². The molecule has 1 unspecified atom stereocenters. The number of amides is 1. The van der Waals surface area contributed by atoms with Gasteiger partial charge in [0, 0.05) is 17.6 Å². The summed E-state index contributed by atoms with van der Waals surface area (Å²) < 4.78 is 6.44. The molecule has 0 bridgehead atoms. The summed E-state index contributed by atoms with van der Waals surface area (Å²) in [5.41, 5.74) is 2.63. The number of fused-ring (bicyclic) bond motifs is 1. The lowest BCUT2D eigenvalue weighted by Gasteiger charge is -2.17. The second-order valence-corrected chi connectivity index (χ2v) is 7.02. The standard InChI is InChI=1S/C18H20N4O3S/c1-10-8-12(16-11(2)21-22(3)17(16)19-10)18(24)20-13(9-15(23)25-4)14-6-5-7-26-14/h5-8,13H,9H2,1-4H3,(H,20,24). The summed E-state index contributed by atoms with van der Waals surface area (Å²) in [6.07, 6.45) is 0.0714. The van der Waals surface area contributed by atoms with Crippen LogP contribution in [0.3, 0.4) is 0 Å². The molecular formula is C18H20N4O3S. The largest absolute Gasteiger partial charge is 0.469 e. The molecule has 3 heterocycles. The summed E-state index contributed by atoms with van der Waals surface area (Å²) in [5, 5.41) is 9.96. The predicted molar refractivity (Wildman–Crippen MR) is 99.1 cm³/mol. The number of rotatable bonds is 5. The van der Waals surface area contributed by atoms with Crippen LogP contribution in [0.1, 0.15) is 39.1 Å². The summed E-state index contributed by atoms with van der Waals surface area (Å²) in [4.78, 5) is 30.2. The molecule has 1 amide bonds. The number of thiophene rings is 1. The highest BCUT2D eigenvalue weighted by Gasteiger charge is 2.23. The maximum absolute atomic E-state index is 13.0. The van der Waals surface area contributed by atoms with Crippen molar-refractivity contribution in [2.75, 3.05) is 7.11 Å². The zero-order chi connectivity index (χ0) is 18.8. The second kappa shape index (κ2) is 7.25. The van der Waals surface area contributed by atoms with Crippen molar-refractivity contribution in [2.24, 2.45) is 7.05 Å². The fourth-order valence-electron chi connectivity index (χ4n) is 2.95. The van der Waals surface area contributed by atoms with Crippen molar-refractivity contribution in [3.8, 4) is 0 Å². The van der Waals surface area contributed by atoms with E-state index < -0.39 is 6.04 Å². The molecule has 0 aromatic carbocycles. The van der Waals surface area contributed by atoms with Crippen LogP contribution in [0.25, 0.3) is 11.0 Å². The number of hydrogen-bond donors (Lipinski definition) is 1. The van der Waals surface area contributed by atoms with E-state index in [1.807, 2.05) is 31.4 Å². The van der Waals surface area contributed by atoms with Crippen LogP contribution >= 0.6 is 11.3 Å². The zero-order valence-corrected chi connectivity index (χ0v) is 15.9. The van der Waals surface area contributed by atoms with Crippen molar-refractivity contribution in [2.45, 2.75) is 26.3 Å². The third kappa shape index (κ3) is 3.45.